The first-order valence-corrected chi connectivity index (χ1v) is 5.87. The van der Waals surface area contributed by atoms with Gasteiger partial charge in [-0.2, -0.15) is 5.26 Å². The van der Waals surface area contributed by atoms with Gasteiger partial charge in [0.25, 0.3) is 0 Å². The number of hydrogen-bond acceptors (Lipinski definition) is 4. The minimum atomic E-state index is -0.460. The summed E-state index contributed by atoms with van der Waals surface area (Å²) in [4.78, 5) is 8.06. The van der Waals surface area contributed by atoms with E-state index in [1.165, 1.54) is 17.8 Å². The molecule has 0 radical (unpaired) electrons. The van der Waals surface area contributed by atoms with Crippen molar-refractivity contribution in [2.45, 2.75) is 10.9 Å². The number of halogens is 1. The molecule has 0 fully saturated rings. The van der Waals surface area contributed by atoms with Crippen LogP contribution in [0.4, 0.5) is 4.39 Å². The Hall–Kier alpha value is -1.93. The number of benzene rings is 1. The summed E-state index contributed by atoms with van der Waals surface area (Å²) >= 11 is 1.34. The highest BCUT2D eigenvalue weighted by Gasteiger charge is 2.08. The fourth-order valence-corrected chi connectivity index (χ4v) is 2.06. The summed E-state index contributed by atoms with van der Waals surface area (Å²) in [5.74, 6) is -0.0517. The molecule has 1 aromatic carbocycles. The van der Waals surface area contributed by atoms with Gasteiger partial charge in [-0.1, -0.05) is 23.9 Å². The minimum absolute atomic E-state index is 0.0667. The second kappa shape index (κ2) is 5.41. The first-order valence-electron chi connectivity index (χ1n) is 4.88. The van der Waals surface area contributed by atoms with E-state index in [-0.39, 0.29) is 5.56 Å². The van der Waals surface area contributed by atoms with Crippen LogP contribution in [-0.4, -0.2) is 9.97 Å². The van der Waals surface area contributed by atoms with Gasteiger partial charge in [0.15, 0.2) is 5.16 Å². The lowest BCUT2D eigenvalue weighted by atomic mass is 10.1. The van der Waals surface area contributed by atoms with Crippen molar-refractivity contribution < 1.29 is 4.39 Å². The van der Waals surface area contributed by atoms with E-state index in [0.29, 0.717) is 16.5 Å². The predicted octanol–water partition coefficient (Wildman–Crippen LogP) is 2.78. The number of aromatic nitrogens is 2. The van der Waals surface area contributed by atoms with Crippen LogP contribution >= 0.6 is 11.8 Å². The molecule has 0 N–H and O–H groups in total. The fraction of sp³-hybridized carbons (Fsp3) is 0.0833. The van der Waals surface area contributed by atoms with Crippen molar-refractivity contribution in [2.24, 2.45) is 0 Å². The quantitative estimate of drug-likeness (QED) is 0.616. The second-order valence-electron chi connectivity index (χ2n) is 3.21. The summed E-state index contributed by atoms with van der Waals surface area (Å²) in [6.07, 6.45) is 3.27. The third kappa shape index (κ3) is 2.80. The van der Waals surface area contributed by atoms with Crippen LogP contribution in [0.1, 0.15) is 11.1 Å². The van der Waals surface area contributed by atoms with Gasteiger partial charge in [-0.05, 0) is 17.7 Å². The molecule has 0 atom stereocenters. The Morgan fingerprint density at radius 1 is 1.24 bits per heavy atom. The number of nitrogens with zero attached hydrogens (tertiary/aromatic N) is 3. The lowest BCUT2D eigenvalue weighted by Gasteiger charge is -2.03. The smallest absolute Gasteiger partial charge is 0.187 e. The van der Waals surface area contributed by atoms with Gasteiger partial charge < -0.3 is 0 Å². The molecule has 0 aliphatic heterocycles. The van der Waals surface area contributed by atoms with Gasteiger partial charge in [0.2, 0.25) is 0 Å². The maximum absolute atomic E-state index is 13.7. The topological polar surface area (TPSA) is 49.6 Å². The highest BCUT2D eigenvalue weighted by atomic mass is 32.2. The summed E-state index contributed by atoms with van der Waals surface area (Å²) in [5, 5.41) is 9.30. The summed E-state index contributed by atoms with van der Waals surface area (Å²) < 4.78 is 13.7. The normalized spacial score (nSPS) is 9.88. The van der Waals surface area contributed by atoms with Crippen molar-refractivity contribution in [3.05, 3.63) is 53.6 Å². The summed E-state index contributed by atoms with van der Waals surface area (Å²) in [5.41, 5.74) is 0.554. The van der Waals surface area contributed by atoms with Gasteiger partial charge in [-0.3, -0.25) is 0 Å². The van der Waals surface area contributed by atoms with Crippen LogP contribution in [0.3, 0.4) is 0 Å². The van der Waals surface area contributed by atoms with E-state index >= 15 is 0 Å². The average Bonchev–Trinajstić information content (AvgIpc) is 2.39. The zero-order chi connectivity index (χ0) is 12.1. The zero-order valence-corrected chi connectivity index (χ0v) is 9.62. The Kier molecular flexibility index (Phi) is 3.68. The Bertz CT molecular complexity index is 551. The van der Waals surface area contributed by atoms with Crippen LogP contribution in [0.5, 0.6) is 0 Å². The predicted molar refractivity (Wildman–Crippen MR) is 62.7 cm³/mol. The molecule has 2 rings (SSSR count). The van der Waals surface area contributed by atoms with Gasteiger partial charge in [-0.15, -0.1) is 0 Å². The van der Waals surface area contributed by atoms with E-state index in [1.807, 2.05) is 6.07 Å². The van der Waals surface area contributed by atoms with Crippen LogP contribution in [-0.2, 0) is 5.75 Å². The maximum Gasteiger partial charge on any atom is 0.187 e. The molecule has 0 unspecified atom stereocenters. The number of nitriles is 1. The molecule has 0 amide bonds. The maximum atomic E-state index is 13.7. The molecule has 0 aliphatic rings. The third-order valence-electron chi connectivity index (χ3n) is 2.10. The molecule has 1 heterocycles. The van der Waals surface area contributed by atoms with Crippen molar-refractivity contribution in [2.75, 3.05) is 0 Å². The average molecular weight is 245 g/mol. The Labute approximate surface area is 102 Å². The van der Waals surface area contributed by atoms with Gasteiger partial charge in [-0.25, -0.2) is 14.4 Å². The zero-order valence-electron chi connectivity index (χ0n) is 8.80. The van der Waals surface area contributed by atoms with E-state index in [1.54, 1.807) is 30.6 Å². The number of rotatable bonds is 3. The summed E-state index contributed by atoms with van der Waals surface area (Å²) in [6.45, 7) is 0. The van der Waals surface area contributed by atoms with E-state index in [4.69, 9.17) is 5.26 Å². The monoisotopic (exact) mass is 245 g/mol. The van der Waals surface area contributed by atoms with Crippen molar-refractivity contribution in [3.63, 3.8) is 0 Å². The Morgan fingerprint density at radius 3 is 2.71 bits per heavy atom. The number of thioether (sulfide) groups is 1. The molecule has 1 aromatic heterocycles. The highest BCUT2D eigenvalue weighted by molar-refractivity contribution is 7.98. The third-order valence-corrected chi connectivity index (χ3v) is 3.02. The van der Waals surface area contributed by atoms with Gasteiger partial charge in [0.05, 0.1) is 5.56 Å². The van der Waals surface area contributed by atoms with Crippen LogP contribution in [0, 0.1) is 17.1 Å². The van der Waals surface area contributed by atoms with Crippen molar-refractivity contribution in [3.8, 4) is 6.07 Å². The van der Waals surface area contributed by atoms with E-state index in [0.717, 1.165) is 0 Å². The SMILES string of the molecule is N#Cc1cccc(CSc2ncccn2)c1F. The highest BCUT2D eigenvalue weighted by Crippen LogP contribution is 2.21. The first kappa shape index (κ1) is 11.6. The standard InChI is InChI=1S/C12H8FN3S/c13-11-9(7-14)3-1-4-10(11)8-17-12-15-5-2-6-16-12/h1-6H,8H2. The molecular formula is C12H8FN3S. The van der Waals surface area contributed by atoms with Crippen molar-refractivity contribution >= 4 is 11.8 Å². The van der Waals surface area contributed by atoms with Crippen LogP contribution in [0.15, 0.2) is 41.8 Å². The molecule has 0 saturated heterocycles. The molecule has 0 bridgehead atoms. The van der Waals surface area contributed by atoms with Gasteiger partial charge >= 0.3 is 0 Å². The van der Waals surface area contributed by atoms with Crippen LogP contribution in [0.2, 0.25) is 0 Å². The molecule has 0 saturated carbocycles. The summed E-state index contributed by atoms with van der Waals surface area (Å²) in [6, 6.07) is 8.33. The molecule has 3 nitrogen and oxygen atoms in total. The van der Waals surface area contributed by atoms with Crippen LogP contribution in [0.25, 0.3) is 0 Å². The van der Waals surface area contributed by atoms with Gasteiger partial charge in [0, 0.05) is 18.1 Å². The Balaban J connectivity index is 2.13. The molecular weight excluding hydrogens is 237 g/mol. The molecule has 2 aromatic rings. The number of hydrogen-bond donors (Lipinski definition) is 0. The molecule has 17 heavy (non-hydrogen) atoms. The second-order valence-corrected chi connectivity index (χ2v) is 4.15. The largest absolute Gasteiger partial charge is 0.231 e. The summed E-state index contributed by atoms with van der Waals surface area (Å²) in [7, 11) is 0. The molecule has 0 aliphatic carbocycles. The van der Waals surface area contributed by atoms with Crippen LogP contribution < -0.4 is 0 Å². The molecule has 5 heteroatoms. The van der Waals surface area contributed by atoms with Crippen molar-refractivity contribution in [1.29, 1.82) is 5.26 Å². The minimum Gasteiger partial charge on any atom is -0.231 e. The van der Waals surface area contributed by atoms with Gasteiger partial charge in [0.1, 0.15) is 11.9 Å². The van der Waals surface area contributed by atoms with E-state index in [9.17, 15) is 4.39 Å². The fourth-order valence-electron chi connectivity index (χ4n) is 1.28. The lowest BCUT2D eigenvalue weighted by molar-refractivity contribution is 0.613. The lowest BCUT2D eigenvalue weighted by Crippen LogP contribution is -1.92. The first-order chi connectivity index (χ1) is 8.31. The molecule has 0 spiro atoms. The van der Waals surface area contributed by atoms with E-state index < -0.39 is 5.82 Å². The Morgan fingerprint density at radius 2 is 2.00 bits per heavy atom. The van der Waals surface area contributed by atoms with Crippen molar-refractivity contribution in [1.82, 2.24) is 9.97 Å². The van der Waals surface area contributed by atoms with E-state index in [2.05, 4.69) is 9.97 Å². The molecule has 84 valence electrons.